The van der Waals surface area contributed by atoms with Gasteiger partial charge in [0.15, 0.2) is 6.10 Å². The van der Waals surface area contributed by atoms with E-state index in [1.807, 2.05) is 0 Å². The first-order valence-electron chi connectivity index (χ1n) is 25.4. The van der Waals surface area contributed by atoms with Gasteiger partial charge in [-0.2, -0.15) is 0 Å². The number of rotatable bonds is 45. The summed E-state index contributed by atoms with van der Waals surface area (Å²) in [5.74, 6) is -0.464. The van der Waals surface area contributed by atoms with Crippen molar-refractivity contribution in [1.29, 1.82) is 0 Å². The van der Waals surface area contributed by atoms with E-state index in [1.165, 1.54) is 57.8 Å². The number of carbonyl (C=O) groups is 2. The van der Waals surface area contributed by atoms with Crippen LogP contribution in [0.2, 0.25) is 0 Å². The van der Waals surface area contributed by atoms with Gasteiger partial charge in [-0.05, 0) is 122 Å². The average molecular weight is 859 g/mol. The van der Waals surface area contributed by atoms with Crippen LogP contribution in [-0.4, -0.2) is 37.9 Å². The van der Waals surface area contributed by atoms with Crippen molar-refractivity contribution in [2.75, 3.05) is 19.8 Å². The van der Waals surface area contributed by atoms with Crippen molar-refractivity contribution in [1.82, 2.24) is 0 Å². The molecule has 0 N–H and O–H groups in total. The van der Waals surface area contributed by atoms with E-state index in [-0.39, 0.29) is 25.2 Å². The third-order valence-corrected chi connectivity index (χ3v) is 10.3. The maximum atomic E-state index is 12.8. The highest BCUT2D eigenvalue weighted by molar-refractivity contribution is 5.70. The molecule has 1 atom stereocenters. The lowest BCUT2D eigenvalue weighted by Crippen LogP contribution is -2.30. The van der Waals surface area contributed by atoms with Gasteiger partial charge in [0.1, 0.15) is 6.61 Å². The van der Waals surface area contributed by atoms with Crippen LogP contribution in [0.4, 0.5) is 0 Å². The van der Waals surface area contributed by atoms with E-state index in [2.05, 4.69) is 130 Å². The van der Waals surface area contributed by atoms with Gasteiger partial charge >= 0.3 is 11.9 Å². The number of unbranched alkanes of at least 4 members (excludes halogenated alkanes) is 16. The molecule has 0 saturated heterocycles. The fourth-order valence-electron chi connectivity index (χ4n) is 6.54. The fourth-order valence-corrected chi connectivity index (χ4v) is 6.54. The van der Waals surface area contributed by atoms with Crippen molar-refractivity contribution in [3.8, 4) is 0 Å². The molecule has 0 aliphatic heterocycles. The van der Waals surface area contributed by atoms with Crippen LogP contribution in [0, 0.1) is 0 Å². The second kappa shape index (κ2) is 51.9. The van der Waals surface area contributed by atoms with E-state index < -0.39 is 6.10 Å². The van der Waals surface area contributed by atoms with Crippen molar-refractivity contribution in [2.24, 2.45) is 0 Å². The number of ether oxygens (including phenoxy) is 3. The highest BCUT2D eigenvalue weighted by Crippen LogP contribution is 2.12. The van der Waals surface area contributed by atoms with Gasteiger partial charge in [0.2, 0.25) is 0 Å². The summed E-state index contributed by atoms with van der Waals surface area (Å²) in [6.45, 7) is 7.48. The average Bonchev–Trinajstić information content (AvgIpc) is 3.27. The largest absolute Gasteiger partial charge is 0.462 e. The molecule has 62 heavy (non-hydrogen) atoms. The minimum atomic E-state index is -0.572. The highest BCUT2D eigenvalue weighted by atomic mass is 16.6. The van der Waals surface area contributed by atoms with Crippen LogP contribution < -0.4 is 0 Å². The summed E-state index contributed by atoms with van der Waals surface area (Å²) in [4.78, 5) is 25.4. The molecular weight excluding hydrogens is 765 g/mol. The first-order valence-corrected chi connectivity index (χ1v) is 25.4. The lowest BCUT2D eigenvalue weighted by molar-refractivity contribution is -0.163. The summed E-state index contributed by atoms with van der Waals surface area (Å²) in [6, 6.07) is 0. The topological polar surface area (TPSA) is 61.8 Å². The van der Waals surface area contributed by atoms with Crippen LogP contribution in [0.3, 0.4) is 0 Å². The molecule has 0 rings (SSSR count). The molecule has 0 amide bonds. The number of hydrogen-bond acceptors (Lipinski definition) is 5. The standard InChI is InChI=1S/C57H94O5/c1-4-7-10-13-16-19-22-25-27-28-29-30-31-33-35-38-41-44-47-50-56(58)61-54-55(53-60-52-49-46-43-40-37-34-26-23-20-17-14-11-8-5-2)62-57(59)51-48-45-42-39-36-32-24-21-18-15-12-9-6-3/h7-8,10-11,16-17,19-21,24-27,29-30,33-35,55H,4-6,9,12-15,18,22-23,28,31-32,36-54H2,1-3H3/b10-7-,11-8-,19-16-,20-17-,24-21-,27-25-,30-29-,34-26-,35-33-. The molecule has 5 heteroatoms. The minimum absolute atomic E-state index is 0.0493. The molecule has 0 spiro atoms. The van der Waals surface area contributed by atoms with E-state index in [4.69, 9.17) is 14.2 Å². The first-order chi connectivity index (χ1) is 30.6. The van der Waals surface area contributed by atoms with Crippen molar-refractivity contribution in [3.05, 3.63) is 109 Å². The van der Waals surface area contributed by atoms with Gasteiger partial charge in [-0.15, -0.1) is 0 Å². The third kappa shape index (κ3) is 49.2. The number of carbonyl (C=O) groups excluding carboxylic acids is 2. The summed E-state index contributed by atoms with van der Waals surface area (Å²) in [6.07, 6.45) is 70.9. The zero-order valence-electron chi connectivity index (χ0n) is 40.3. The molecule has 0 bridgehead atoms. The Balaban J connectivity index is 4.38. The SMILES string of the molecule is CC/C=C\C/C=C\C/C=C\C/C=C\C/C=C\CCCCCC(=O)OCC(COCCCCCC/C=C\C/C=C\C/C=C\CC)OC(=O)CCCCCCC/C=C\CCCCCC. The number of esters is 2. The smallest absolute Gasteiger partial charge is 0.306 e. The predicted octanol–water partition coefficient (Wildman–Crippen LogP) is 17.2. The Labute approximate surface area is 383 Å². The van der Waals surface area contributed by atoms with E-state index in [1.54, 1.807) is 0 Å². The second-order valence-corrected chi connectivity index (χ2v) is 16.3. The molecule has 0 aromatic rings. The van der Waals surface area contributed by atoms with Gasteiger partial charge in [-0.3, -0.25) is 9.59 Å². The van der Waals surface area contributed by atoms with Crippen molar-refractivity contribution in [2.45, 2.75) is 219 Å². The molecule has 352 valence electrons. The normalized spacial score (nSPS) is 13.1. The zero-order valence-corrected chi connectivity index (χ0v) is 40.3. The molecule has 1 unspecified atom stereocenters. The Morgan fingerprint density at radius 2 is 0.726 bits per heavy atom. The lowest BCUT2D eigenvalue weighted by Gasteiger charge is -2.18. The molecule has 0 fully saturated rings. The van der Waals surface area contributed by atoms with Gasteiger partial charge in [0.25, 0.3) is 0 Å². The van der Waals surface area contributed by atoms with Gasteiger partial charge in [-0.25, -0.2) is 0 Å². The molecular formula is C57H94O5. The minimum Gasteiger partial charge on any atom is -0.462 e. The van der Waals surface area contributed by atoms with E-state index in [0.717, 1.165) is 122 Å². The summed E-state index contributed by atoms with van der Waals surface area (Å²) < 4.78 is 17.3. The molecule has 0 aliphatic carbocycles. The van der Waals surface area contributed by atoms with E-state index in [0.29, 0.717) is 19.4 Å². The molecule has 5 nitrogen and oxygen atoms in total. The zero-order chi connectivity index (χ0) is 44.9. The molecule has 0 aromatic carbocycles. The van der Waals surface area contributed by atoms with Crippen molar-refractivity contribution >= 4 is 11.9 Å². The Kier molecular flexibility index (Phi) is 49.0. The summed E-state index contributed by atoms with van der Waals surface area (Å²) in [5, 5.41) is 0. The lowest BCUT2D eigenvalue weighted by atomic mass is 10.1. The van der Waals surface area contributed by atoms with Crippen LogP contribution in [-0.2, 0) is 23.8 Å². The van der Waals surface area contributed by atoms with Crippen molar-refractivity contribution in [3.63, 3.8) is 0 Å². The van der Waals surface area contributed by atoms with Gasteiger partial charge in [0, 0.05) is 19.4 Å². The Morgan fingerprint density at radius 3 is 1.19 bits per heavy atom. The molecule has 0 saturated carbocycles. The maximum Gasteiger partial charge on any atom is 0.306 e. The molecule has 0 heterocycles. The quantitative estimate of drug-likeness (QED) is 0.0347. The fraction of sp³-hybridized carbons (Fsp3) is 0.649. The Bertz CT molecular complexity index is 1250. The maximum absolute atomic E-state index is 12.8. The molecule has 0 aliphatic rings. The van der Waals surface area contributed by atoms with E-state index >= 15 is 0 Å². The van der Waals surface area contributed by atoms with Crippen LogP contribution in [0.5, 0.6) is 0 Å². The Hall–Kier alpha value is -3.44. The number of hydrogen-bond donors (Lipinski definition) is 0. The van der Waals surface area contributed by atoms with Crippen LogP contribution in [0.15, 0.2) is 109 Å². The Morgan fingerprint density at radius 1 is 0.371 bits per heavy atom. The van der Waals surface area contributed by atoms with Crippen molar-refractivity contribution < 1.29 is 23.8 Å². The summed E-state index contributed by atoms with van der Waals surface area (Å²) in [7, 11) is 0. The highest BCUT2D eigenvalue weighted by Gasteiger charge is 2.17. The third-order valence-electron chi connectivity index (χ3n) is 10.3. The summed E-state index contributed by atoms with van der Waals surface area (Å²) in [5.41, 5.74) is 0. The van der Waals surface area contributed by atoms with Gasteiger partial charge < -0.3 is 14.2 Å². The predicted molar refractivity (Wildman–Crippen MR) is 269 cm³/mol. The van der Waals surface area contributed by atoms with Gasteiger partial charge in [-0.1, -0.05) is 188 Å². The second-order valence-electron chi connectivity index (χ2n) is 16.3. The molecule has 0 radical (unpaired) electrons. The summed E-state index contributed by atoms with van der Waals surface area (Å²) >= 11 is 0. The van der Waals surface area contributed by atoms with Crippen LogP contribution >= 0.6 is 0 Å². The monoisotopic (exact) mass is 859 g/mol. The first kappa shape index (κ1) is 58.6. The number of allylic oxidation sites excluding steroid dienone is 18. The van der Waals surface area contributed by atoms with Gasteiger partial charge in [0.05, 0.1) is 6.61 Å². The molecule has 0 aromatic heterocycles. The van der Waals surface area contributed by atoms with E-state index in [9.17, 15) is 9.59 Å². The van der Waals surface area contributed by atoms with Crippen LogP contribution in [0.1, 0.15) is 213 Å². The van der Waals surface area contributed by atoms with Crippen LogP contribution in [0.25, 0.3) is 0 Å².